The average molecular weight is 287 g/mol. The summed E-state index contributed by atoms with van der Waals surface area (Å²) in [7, 11) is -0.565. The standard InChI is InChI=1S/C11H17N3O4S/c1-13-7-9(19(12,16)17)5-10(13)11(15)14-4-3-8(6-14)18-2/h5,7-8H,3-4,6H2,1-2H3,(H2,12,16,17). The molecule has 2 heterocycles. The van der Waals surface area contributed by atoms with Crippen LogP contribution in [0, 0.1) is 0 Å². The second-order valence-electron chi connectivity index (χ2n) is 4.61. The van der Waals surface area contributed by atoms with Crippen molar-refractivity contribution in [2.75, 3.05) is 20.2 Å². The predicted octanol–water partition coefficient (Wildman–Crippen LogP) is -0.467. The smallest absolute Gasteiger partial charge is 0.270 e. The minimum atomic E-state index is -3.79. The van der Waals surface area contributed by atoms with Crippen molar-refractivity contribution in [1.29, 1.82) is 0 Å². The van der Waals surface area contributed by atoms with Gasteiger partial charge in [0.15, 0.2) is 0 Å². The van der Waals surface area contributed by atoms with Crippen LogP contribution in [-0.4, -0.2) is 50.1 Å². The number of nitrogens with zero attached hydrogens (tertiary/aromatic N) is 2. The number of amides is 1. The monoisotopic (exact) mass is 287 g/mol. The molecular formula is C11H17N3O4S. The van der Waals surface area contributed by atoms with Gasteiger partial charge in [-0.1, -0.05) is 0 Å². The van der Waals surface area contributed by atoms with Gasteiger partial charge in [0.05, 0.1) is 6.10 Å². The lowest BCUT2D eigenvalue weighted by Gasteiger charge is -2.16. The molecule has 7 nitrogen and oxygen atoms in total. The summed E-state index contributed by atoms with van der Waals surface area (Å²) in [5.74, 6) is -0.211. The number of rotatable bonds is 3. The van der Waals surface area contributed by atoms with Crippen molar-refractivity contribution < 1.29 is 17.9 Å². The molecule has 0 spiro atoms. The Kier molecular flexibility index (Phi) is 3.66. The maximum Gasteiger partial charge on any atom is 0.270 e. The third kappa shape index (κ3) is 2.80. The summed E-state index contributed by atoms with van der Waals surface area (Å²) >= 11 is 0. The molecule has 0 bridgehead atoms. The first-order chi connectivity index (χ1) is 8.82. The minimum absolute atomic E-state index is 0.0435. The normalized spacial score (nSPS) is 19.9. The molecule has 0 saturated carbocycles. The van der Waals surface area contributed by atoms with E-state index in [9.17, 15) is 13.2 Å². The molecule has 1 aromatic rings. The lowest BCUT2D eigenvalue weighted by atomic mass is 10.3. The van der Waals surface area contributed by atoms with Gasteiger partial charge < -0.3 is 14.2 Å². The summed E-state index contributed by atoms with van der Waals surface area (Å²) in [5.41, 5.74) is 0.306. The van der Waals surface area contributed by atoms with E-state index in [2.05, 4.69) is 0 Å². The fourth-order valence-electron chi connectivity index (χ4n) is 2.17. The third-order valence-electron chi connectivity index (χ3n) is 3.29. The summed E-state index contributed by atoms with van der Waals surface area (Å²) in [4.78, 5) is 13.9. The first-order valence-electron chi connectivity index (χ1n) is 5.84. The molecule has 0 aromatic carbocycles. The molecule has 106 valence electrons. The van der Waals surface area contributed by atoms with Crippen molar-refractivity contribution >= 4 is 15.9 Å². The van der Waals surface area contributed by atoms with E-state index in [1.807, 2.05) is 0 Å². The highest BCUT2D eigenvalue weighted by Gasteiger charge is 2.29. The molecule has 1 aliphatic heterocycles. The Labute approximate surface area is 112 Å². The van der Waals surface area contributed by atoms with E-state index in [-0.39, 0.29) is 16.9 Å². The zero-order valence-electron chi connectivity index (χ0n) is 10.9. The topological polar surface area (TPSA) is 94.6 Å². The Morgan fingerprint density at radius 2 is 2.21 bits per heavy atom. The van der Waals surface area contributed by atoms with Crippen LogP contribution in [0.1, 0.15) is 16.9 Å². The van der Waals surface area contributed by atoms with Crippen LogP contribution >= 0.6 is 0 Å². The van der Waals surface area contributed by atoms with Gasteiger partial charge in [0, 0.05) is 33.4 Å². The van der Waals surface area contributed by atoms with E-state index in [1.165, 1.54) is 16.8 Å². The van der Waals surface area contributed by atoms with Crippen molar-refractivity contribution in [3.05, 3.63) is 18.0 Å². The highest BCUT2D eigenvalue weighted by atomic mass is 32.2. The van der Waals surface area contributed by atoms with E-state index in [1.54, 1.807) is 19.1 Å². The van der Waals surface area contributed by atoms with Gasteiger partial charge in [-0.3, -0.25) is 4.79 Å². The fraction of sp³-hybridized carbons (Fsp3) is 0.545. The highest BCUT2D eigenvalue weighted by molar-refractivity contribution is 7.89. The van der Waals surface area contributed by atoms with Crippen LogP contribution in [0.25, 0.3) is 0 Å². The number of methoxy groups -OCH3 is 1. The fourth-order valence-corrected chi connectivity index (χ4v) is 2.75. The van der Waals surface area contributed by atoms with Crippen molar-refractivity contribution in [2.24, 2.45) is 12.2 Å². The third-order valence-corrected chi connectivity index (χ3v) is 4.17. The molecule has 0 radical (unpaired) electrons. The Balaban J connectivity index is 2.23. The molecule has 1 atom stereocenters. The van der Waals surface area contributed by atoms with Crippen LogP contribution in [0.4, 0.5) is 0 Å². The zero-order chi connectivity index (χ0) is 14.2. The first-order valence-corrected chi connectivity index (χ1v) is 7.39. The Morgan fingerprint density at radius 3 is 2.68 bits per heavy atom. The maximum atomic E-state index is 12.3. The molecule has 8 heteroatoms. The summed E-state index contributed by atoms with van der Waals surface area (Å²) in [6.07, 6.45) is 2.17. The number of nitrogens with two attached hydrogens (primary N) is 1. The van der Waals surface area contributed by atoms with Gasteiger partial charge in [-0.2, -0.15) is 0 Å². The molecule has 1 unspecified atom stereocenters. The van der Waals surface area contributed by atoms with Gasteiger partial charge in [-0.15, -0.1) is 0 Å². The van der Waals surface area contributed by atoms with Crippen molar-refractivity contribution in [3.63, 3.8) is 0 Å². The number of hydrogen-bond acceptors (Lipinski definition) is 4. The van der Waals surface area contributed by atoms with E-state index >= 15 is 0 Å². The van der Waals surface area contributed by atoms with Gasteiger partial charge >= 0.3 is 0 Å². The second-order valence-corrected chi connectivity index (χ2v) is 6.18. The average Bonchev–Trinajstić information content (AvgIpc) is 2.93. The van der Waals surface area contributed by atoms with Gasteiger partial charge in [-0.25, -0.2) is 13.6 Å². The van der Waals surface area contributed by atoms with E-state index < -0.39 is 10.0 Å². The Morgan fingerprint density at radius 1 is 1.53 bits per heavy atom. The van der Waals surface area contributed by atoms with Crippen molar-refractivity contribution in [1.82, 2.24) is 9.47 Å². The van der Waals surface area contributed by atoms with Gasteiger partial charge in [0.25, 0.3) is 5.91 Å². The van der Waals surface area contributed by atoms with E-state index in [0.717, 1.165) is 6.42 Å². The van der Waals surface area contributed by atoms with Gasteiger partial charge in [0.2, 0.25) is 10.0 Å². The number of hydrogen-bond donors (Lipinski definition) is 1. The number of primary sulfonamides is 1. The maximum absolute atomic E-state index is 12.3. The summed E-state index contributed by atoms with van der Waals surface area (Å²) in [6.45, 7) is 1.12. The molecule has 0 aliphatic carbocycles. The Hall–Kier alpha value is -1.38. The molecule has 2 N–H and O–H groups in total. The molecule has 1 aliphatic rings. The lowest BCUT2D eigenvalue weighted by molar-refractivity contribution is 0.0715. The largest absolute Gasteiger partial charge is 0.380 e. The van der Waals surface area contributed by atoms with Crippen LogP contribution < -0.4 is 5.14 Å². The number of carbonyl (C=O) groups is 1. The van der Waals surface area contributed by atoms with Crippen LogP contribution in [0.2, 0.25) is 0 Å². The number of carbonyl (C=O) groups excluding carboxylic acids is 1. The van der Waals surface area contributed by atoms with Crippen LogP contribution in [0.3, 0.4) is 0 Å². The summed E-state index contributed by atoms with van der Waals surface area (Å²) < 4.78 is 29.2. The number of likely N-dealkylation sites (tertiary alicyclic amines) is 1. The lowest BCUT2D eigenvalue weighted by Crippen LogP contribution is -2.31. The van der Waals surface area contributed by atoms with Gasteiger partial charge in [-0.05, 0) is 12.5 Å². The number of aryl methyl sites for hydroxylation is 1. The second kappa shape index (κ2) is 4.95. The molecule has 2 rings (SSSR count). The number of sulfonamides is 1. The van der Waals surface area contributed by atoms with Gasteiger partial charge in [0.1, 0.15) is 10.6 Å². The minimum Gasteiger partial charge on any atom is -0.380 e. The molecule has 19 heavy (non-hydrogen) atoms. The molecular weight excluding hydrogens is 270 g/mol. The van der Waals surface area contributed by atoms with E-state index in [4.69, 9.17) is 9.88 Å². The number of aromatic nitrogens is 1. The van der Waals surface area contributed by atoms with Crippen LogP contribution in [0.5, 0.6) is 0 Å². The molecule has 1 amide bonds. The van der Waals surface area contributed by atoms with Crippen LogP contribution in [0.15, 0.2) is 17.2 Å². The molecule has 1 fully saturated rings. The van der Waals surface area contributed by atoms with Crippen molar-refractivity contribution in [3.8, 4) is 0 Å². The quantitative estimate of drug-likeness (QED) is 0.813. The molecule has 1 saturated heterocycles. The van der Waals surface area contributed by atoms with Crippen molar-refractivity contribution in [2.45, 2.75) is 17.4 Å². The van der Waals surface area contributed by atoms with Crippen LogP contribution in [-0.2, 0) is 21.8 Å². The predicted molar refractivity (Wildman–Crippen MR) is 68.1 cm³/mol. The first kappa shape index (κ1) is 14.0. The highest BCUT2D eigenvalue weighted by Crippen LogP contribution is 2.18. The van der Waals surface area contributed by atoms with E-state index in [0.29, 0.717) is 18.8 Å². The summed E-state index contributed by atoms with van der Waals surface area (Å²) in [5, 5.41) is 5.05. The molecule has 1 aromatic heterocycles. The Bertz CT molecular complexity index is 593. The SMILES string of the molecule is COC1CCN(C(=O)c2cc(S(N)(=O)=O)cn2C)C1. The number of ether oxygens (including phenoxy) is 1. The summed E-state index contributed by atoms with van der Waals surface area (Å²) in [6, 6.07) is 1.30. The zero-order valence-corrected chi connectivity index (χ0v) is 11.7.